The number of carbonyl (C=O) groups is 1. The highest BCUT2D eigenvalue weighted by Gasteiger charge is 2.16. The van der Waals surface area contributed by atoms with Crippen molar-refractivity contribution in [1.29, 1.82) is 0 Å². The summed E-state index contributed by atoms with van der Waals surface area (Å²) in [6.45, 7) is 1.84. The number of hydrogen-bond donors (Lipinski definition) is 1. The fourth-order valence-corrected chi connectivity index (χ4v) is 3.12. The Balaban J connectivity index is 1.55. The number of methoxy groups -OCH3 is 1. The van der Waals surface area contributed by atoms with Crippen molar-refractivity contribution < 1.29 is 13.9 Å². The SMILES string of the molecule is COc1cc(NC(=O)Cc2cccc(Cl)c2)ccc1-c1nn2c(C)ncc2o1. The van der Waals surface area contributed by atoms with E-state index in [1.54, 1.807) is 48.2 Å². The summed E-state index contributed by atoms with van der Waals surface area (Å²) in [4.78, 5) is 16.5. The zero-order chi connectivity index (χ0) is 19.7. The van der Waals surface area contributed by atoms with Gasteiger partial charge in [0, 0.05) is 16.8 Å². The molecular formula is C20H17ClN4O3. The topological polar surface area (TPSA) is 81.7 Å². The van der Waals surface area contributed by atoms with Crippen LogP contribution >= 0.6 is 11.6 Å². The van der Waals surface area contributed by atoms with Gasteiger partial charge in [0.1, 0.15) is 11.6 Å². The lowest BCUT2D eigenvalue weighted by atomic mass is 10.1. The van der Waals surface area contributed by atoms with Gasteiger partial charge in [0.15, 0.2) is 0 Å². The molecule has 0 bridgehead atoms. The molecule has 4 rings (SSSR count). The molecule has 0 fully saturated rings. The van der Waals surface area contributed by atoms with Crippen LogP contribution in [0.25, 0.3) is 17.2 Å². The molecule has 0 radical (unpaired) electrons. The van der Waals surface area contributed by atoms with Crippen LogP contribution in [-0.4, -0.2) is 27.6 Å². The molecule has 0 aliphatic carbocycles. The third-order valence-electron chi connectivity index (χ3n) is 4.24. The smallest absolute Gasteiger partial charge is 0.250 e. The van der Waals surface area contributed by atoms with Crippen LogP contribution in [0.4, 0.5) is 5.69 Å². The summed E-state index contributed by atoms with van der Waals surface area (Å²) >= 11 is 5.97. The largest absolute Gasteiger partial charge is 0.496 e. The van der Waals surface area contributed by atoms with E-state index in [9.17, 15) is 4.79 Å². The van der Waals surface area contributed by atoms with Gasteiger partial charge in [-0.3, -0.25) is 4.79 Å². The Morgan fingerprint density at radius 3 is 2.89 bits per heavy atom. The number of carbonyl (C=O) groups excluding carboxylic acids is 1. The second kappa shape index (κ2) is 7.36. The van der Waals surface area contributed by atoms with Gasteiger partial charge in [0.2, 0.25) is 17.5 Å². The van der Waals surface area contributed by atoms with Crippen LogP contribution in [-0.2, 0) is 11.2 Å². The first-order valence-corrected chi connectivity index (χ1v) is 8.95. The van der Waals surface area contributed by atoms with Crippen LogP contribution in [0.1, 0.15) is 11.4 Å². The van der Waals surface area contributed by atoms with Gasteiger partial charge < -0.3 is 14.5 Å². The maximum atomic E-state index is 12.3. The van der Waals surface area contributed by atoms with Crippen molar-refractivity contribution in [3.05, 3.63) is 65.1 Å². The molecular weight excluding hydrogens is 380 g/mol. The lowest BCUT2D eigenvalue weighted by Crippen LogP contribution is -2.14. The van der Waals surface area contributed by atoms with Crippen LogP contribution in [0, 0.1) is 6.92 Å². The molecule has 28 heavy (non-hydrogen) atoms. The van der Waals surface area contributed by atoms with E-state index in [4.69, 9.17) is 20.8 Å². The summed E-state index contributed by atoms with van der Waals surface area (Å²) in [5, 5.41) is 7.88. The van der Waals surface area contributed by atoms with Crippen molar-refractivity contribution in [2.24, 2.45) is 0 Å². The number of aryl methyl sites for hydroxylation is 1. The number of amides is 1. The highest BCUT2D eigenvalue weighted by molar-refractivity contribution is 6.30. The molecule has 2 aromatic carbocycles. The van der Waals surface area contributed by atoms with Gasteiger partial charge in [0.05, 0.1) is 25.3 Å². The van der Waals surface area contributed by atoms with Gasteiger partial charge in [-0.25, -0.2) is 4.98 Å². The summed E-state index contributed by atoms with van der Waals surface area (Å²) in [7, 11) is 1.55. The van der Waals surface area contributed by atoms with E-state index in [0.29, 0.717) is 33.6 Å². The van der Waals surface area contributed by atoms with Crippen molar-refractivity contribution in [2.75, 3.05) is 12.4 Å². The molecule has 0 aliphatic heterocycles. The first kappa shape index (κ1) is 18.1. The minimum absolute atomic E-state index is 0.149. The molecule has 1 N–H and O–H groups in total. The van der Waals surface area contributed by atoms with E-state index in [1.807, 2.05) is 19.1 Å². The number of imidazole rings is 1. The van der Waals surface area contributed by atoms with Crippen molar-refractivity contribution in [3.8, 4) is 17.2 Å². The van der Waals surface area contributed by atoms with E-state index in [2.05, 4.69) is 15.4 Å². The van der Waals surface area contributed by atoms with Crippen molar-refractivity contribution in [3.63, 3.8) is 0 Å². The Morgan fingerprint density at radius 1 is 1.29 bits per heavy atom. The van der Waals surface area contributed by atoms with E-state index in [-0.39, 0.29) is 12.3 Å². The molecule has 0 saturated carbocycles. The van der Waals surface area contributed by atoms with Gasteiger partial charge in [0.25, 0.3) is 0 Å². The monoisotopic (exact) mass is 396 g/mol. The van der Waals surface area contributed by atoms with Crippen LogP contribution in [0.3, 0.4) is 0 Å². The fraction of sp³-hybridized carbons (Fsp3) is 0.150. The zero-order valence-electron chi connectivity index (χ0n) is 15.3. The minimum Gasteiger partial charge on any atom is -0.496 e. The lowest BCUT2D eigenvalue weighted by Gasteiger charge is -2.10. The molecule has 0 atom stereocenters. The molecule has 0 aliphatic rings. The predicted octanol–water partition coefficient (Wildman–Crippen LogP) is 4.14. The molecule has 4 aromatic rings. The van der Waals surface area contributed by atoms with E-state index in [1.165, 1.54) is 0 Å². The van der Waals surface area contributed by atoms with Crippen LogP contribution < -0.4 is 10.1 Å². The quantitative estimate of drug-likeness (QED) is 0.548. The summed E-state index contributed by atoms with van der Waals surface area (Å²) in [6.07, 6.45) is 1.84. The maximum Gasteiger partial charge on any atom is 0.250 e. The van der Waals surface area contributed by atoms with Crippen LogP contribution in [0.5, 0.6) is 5.75 Å². The molecule has 0 spiro atoms. The van der Waals surface area contributed by atoms with Gasteiger partial charge in [-0.15, -0.1) is 5.10 Å². The first-order chi connectivity index (χ1) is 13.5. The lowest BCUT2D eigenvalue weighted by molar-refractivity contribution is -0.115. The number of ether oxygens (including phenoxy) is 1. The Hall–Kier alpha value is -3.32. The highest BCUT2D eigenvalue weighted by atomic mass is 35.5. The predicted molar refractivity (Wildman–Crippen MR) is 106 cm³/mol. The van der Waals surface area contributed by atoms with Crippen LogP contribution in [0.15, 0.2) is 53.1 Å². The van der Waals surface area contributed by atoms with E-state index < -0.39 is 0 Å². The second-order valence-electron chi connectivity index (χ2n) is 6.23. The Labute approximate surface area is 165 Å². The molecule has 2 aromatic heterocycles. The average Bonchev–Trinajstić information content (AvgIpc) is 3.23. The molecule has 7 nitrogen and oxygen atoms in total. The number of rotatable bonds is 5. The number of hydrogen-bond acceptors (Lipinski definition) is 5. The molecule has 142 valence electrons. The Morgan fingerprint density at radius 2 is 2.14 bits per heavy atom. The van der Waals surface area contributed by atoms with Gasteiger partial charge in [-0.1, -0.05) is 23.7 Å². The normalized spacial score (nSPS) is 11.0. The number of fused-ring (bicyclic) bond motifs is 1. The third-order valence-corrected chi connectivity index (χ3v) is 4.47. The van der Waals surface area contributed by atoms with E-state index in [0.717, 1.165) is 11.4 Å². The van der Waals surface area contributed by atoms with E-state index >= 15 is 0 Å². The molecule has 0 unspecified atom stereocenters. The summed E-state index contributed by atoms with van der Waals surface area (Å²) in [5.74, 6) is 1.53. The number of anilines is 1. The Bertz CT molecular complexity index is 1170. The minimum atomic E-state index is -0.149. The molecule has 8 heteroatoms. The third kappa shape index (κ3) is 3.57. The number of benzene rings is 2. The van der Waals surface area contributed by atoms with Crippen molar-refractivity contribution in [1.82, 2.24) is 14.6 Å². The molecule has 2 heterocycles. The van der Waals surface area contributed by atoms with Gasteiger partial charge >= 0.3 is 0 Å². The number of aromatic nitrogens is 3. The molecule has 1 amide bonds. The standard InChI is InChI=1S/C20H17ClN4O3/c1-12-22-11-19-25(12)24-20(28-19)16-7-6-15(10-17(16)27-2)23-18(26)9-13-4-3-5-14(21)8-13/h3-8,10-11H,9H2,1-2H3,(H,23,26). The number of nitrogens with one attached hydrogen (secondary N) is 1. The summed E-state index contributed by atoms with van der Waals surface area (Å²) in [6, 6.07) is 12.5. The van der Waals surface area contributed by atoms with Crippen molar-refractivity contribution in [2.45, 2.75) is 13.3 Å². The van der Waals surface area contributed by atoms with Crippen molar-refractivity contribution >= 4 is 28.9 Å². The number of halogens is 1. The summed E-state index contributed by atoms with van der Waals surface area (Å²) in [5.41, 5.74) is 2.68. The Kier molecular flexibility index (Phi) is 4.75. The number of nitrogens with zero attached hydrogens (tertiary/aromatic N) is 3. The average molecular weight is 397 g/mol. The summed E-state index contributed by atoms with van der Waals surface area (Å²) < 4.78 is 12.8. The maximum absolute atomic E-state index is 12.3. The van der Waals surface area contributed by atoms with Crippen LogP contribution in [0.2, 0.25) is 5.02 Å². The molecule has 0 saturated heterocycles. The zero-order valence-corrected chi connectivity index (χ0v) is 16.0. The first-order valence-electron chi connectivity index (χ1n) is 8.57. The highest BCUT2D eigenvalue weighted by Crippen LogP contribution is 2.32. The fourth-order valence-electron chi connectivity index (χ4n) is 2.91. The van der Waals surface area contributed by atoms with Gasteiger partial charge in [-0.2, -0.15) is 4.52 Å². The second-order valence-corrected chi connectivity index (χ2v) is 6.67. The van der Waals surface area contributed by atoms with Gasteiger partial charge in [-0.05, 0) is 36.8 Å².